The van der Waals surface area contributed by atoms with Crippen molar-refractivity contribution in [1.82, 2.24) is 19.9 Å². The molecule has 148 valence electrons. The maximum atomic E-state index is 12.0. The van der Waals surface area contributed by atoms with Gasteiger partial charge in [-0.3, -0.25) is 14.7 Å². The van der Waals surface area contributed by atoms with Crippen LogP contribution in [0.4, 0.5) is 5.82 Å². The molecule has 0 saturated carbocycles. The number of nitrogens with one attached hydrogen (secondary N) is 1. The Morgan fingerprint density at radius 1 is 1.10 bits per heavy atom. The molecule has 29 heavy (non-hydrogen) atoms. The third-order valence-electron chi connectivity index (χ3n) is 5.86. The number of nitriles is 1. The van der Waals surface area contributed by atoms with Crippen molar-refractivity contribution < 1.29 is 0 Å². The Kier molecular flexibility index (Phi) is 4.81. The van der Waals surface area contributed by atoms with Crippen LogP contribution in [0.3, 0.4) is 0 Å². The molecule has 7 heteroatoms. The van der Waals surface area contributed by atoms with Crippen molar-refractivity contribution in [2.75, 3.05) is 31.1 Å². The maximum absolute atomic E-state index is 12.0. The molecule has 0 unspecified atom stereocenters. The number of H-pyrrole nitrogens is 1. The SMILES string of the molecule is Cc1cc2ncc(C(C)(C)N3CCN(c4ccc(C#N)cn4)CC3)cc2[nH]c1=O. The maximum Gasteiger partial charge on any atom is 0.251 e. The van der Waals surface area contributed by atoms with E-state index >= 15 is 0 Å². The van der Waals surface area contributed by atoms with E-state index in [4.69, 9.17) is 5.26 Å². The van der Waals surface area contributed by atoms with E-state index in [2.05, 4.69) is 44.7 Å². The van der Waals surface area contributed by atoms with Crippen LogP contribution < -0.4 is 10.5 Å². The van der Waals surface area contributed by atoms with Crippen LogP contribution in [0.2, 0.25) is 0 Å². The first kappa shape index (κ1) is 19.1. The number of anilines is 1. The number of hydrogen-bond donors (Lipinski definition) is 1. The minimum Gasteiger partial charge on any atom is -0.354 e. The normalized spacial score (nSPS) is 15.4. The fourth-order valence-electron chi connectivity index (χ4n) is 3.83. The van der Waals surface area contributed by atoms with E-state index in [1.165, 1.54) is 0 Å². The van der Waals surface area contributed by atoms with Crippen molar-refractivity contribution in [3.05, 3.63) is 63.7 Å². The second kappa shape index (κ2) is 7.30. The Labute approximate surface area is 169 Å². The molecule has 1 aliphatic heterocycles. The number of piperazine rings is 1. The van der Waals surface area contributed by atoms with Crippen LogP contribution in [0.25, 0.3) is 11.0 Å². The monoisotopic (exact) mass is 388 g/mol. The van der Waals surface area contributed by atoms with E-state index in [1.807, 2.05) is 30.5 Å². The van der Waals surface area contributed by atoms with Crippen molar-refractivity contribution in [3.8, 4) is 6.07 Å². The molecule has 0 aliphatic carbocycles. The second-order valence-electron chi connectivity index (χ2n) is 7.99. The molecule has 4 heterocycles. The molecule has 0 radical (unpaired) electrons. The van der Waals surface area contributed by atoms with Gasteiger partial charge < -0.3 is 9.88 Å². The van der Waals surface area contributed by atoms with Crippen molar-refractivity contribution >= 4 is 16.9 Å². The van der Waals surface area contributed by atoms with Crippen LogP contribution in [-0.2, 0) is 5.54 Å². The summed E-state index contributed by atoms with van der Waals surface area (Å²) in [7, 11) is 0. The third kappa shape index (κ3) is 3.59. The molecule has 1 aliphatic rings. The van der Waals surface area contributed by atoms with E-state index in [0.29, 0.717) is 11.1 Å². The molecule has 3 aromatic rings. The topological polar surface area (TPSA) is 88.9 Å². The minimum absolute atomic E-state index is 0.0715. The molecular weight excluding hydrogens is 364 g/mol. The van der Waals surface area contributed by atoms with Gasteiger partial charge in [-0.2, -0.15) is 5.26 Å². The summed E-state index contributed by atoms with van der Waals surface area (Å²) < 4.78 is 0. The summed E-state index contributed by atoms with van der Waals surface area (Å²) in [4.78, 5) is 28.6. The lowest BCUT2D eigenvalue weighted by atomic mass is 9.92. The molecule has 1 saturated heterocycles. The number of hydrogen-bond acceptors (Lipinski definition) is 6. The van der Waals surface area contributed by atoms with Gasteiger partial charge in [-0.05, 0) is 50.6 Å². The van der Waals surface area contributed by atoms with Gasteiger partial charge in [0.25, 0.3) is 5.56 Å². The molecular formula is C22H24N6O. The van der Waals surface area contributed by atoms with Crippen molar-refractivity contribution in [2.24, 2.45) is 0 Å². The van der Waals surface area contributed by atoms with Gasteiger partial charge in [-0.25, -0.2) is 4.98 Å². The third-order valence-corrected chi connectivity index (χ3v) is 5.86. The summed E-state index contributed by atoms with van der Waals surface area (Å²) in [5.74, 6) is 0.904. The predicted molar refractivity (Wildman–Crippen MR) is 113 cm³/mol. The number of nitrogens with zero attached hydrogens (tertiary/aromatic N) is 5. The van der Waals surface area contributed by atoms with Crippen molar-refractivity contribution in [3.63, 3.8) is 0 Å². The molecule has 4 rings (SSSR count). The summed E-state index contributed by atoms with van der Waals surface area (Å²) in [6.45, 7) is 9.67. The predicted octanol–water partition coefficient (Wildman–Crippen LogP) is 2.56. The number of pyridine rings is 3. The molecule has 1 fully saturated rings. The van der Waals surface area contributed by atoms with Gasteiger partial charge in [0.1, 0.15) is 11.9 Å². The zero-order valence-electron chi connectivity index (χ0n) is 16.9. The highest BCUT2D eigenvalue weighted by Crippen LogP contribution is 2.30. The first-order chi connectivity index (χ1) is 13.9. The quantitative estimate of drug-likeness (QED) is 0.742. The van der Waals surface area contributed by atoms with Crippen LogP contribution >= 0.6 is 0 Å². The Balaban J connectivity index is 1.52. The highest BCUT2D eigenvalue weighted by Gasteiger charge is 2.32. The molecule has 0 atom stereocenters. The van der Waals surface area contributed by atoms with Crippen molar-refractivity contribution in [1.29, 1.82) is 5.26 Å². The van der Waals surface area contributed by atoms with Crippen LogP contribution in [0.15, 0.2) is 41.5 Å². The summed E-state index contributed by atoms with van der Waals surface area (Å²) >= 11 is 0. The van der Waals surface area contributed by atoms with Gasteiger partial charge in [0.2, 0.25) is 0 Å². The Bertz CT molecular complexity index is 1130. The zero-order valence-corrected chi connectivity index (χ0v) is 16.9. The fraction of sp³-hybridized carbons (Fsp3) is 0.364. The van der Waals surface area contributed by atoms with E-state index in [1.54, 1.807) is 13.1 Å². The van der Waals surface area contributed by atoms with E-state index in [-0.39, 0.29) is 11.1 Å². The van der Waals surface area contributed by atoms with Crippen LogP contribution in [0.5, 0.6) is 0 Å². The minimum atomic E-state index is -0.215. The number of aromatic amines is 1. The molecule has 0 amide bonds. The van der Waals surface area contributed by atoms with Crippen molar-refractivity contribution in [2.45, 2.75) is 26.3 Å². The van der Waals surface area contributed by atoms with Gasteiger partial charge in [-0.15, -0.1) is 0 Å². The lowest BCUT2D eigenvalue weighted by molar-refractivity contribution is 0.111. The summed E-state index contributed by atoms with van der Waals surface area (Å²) in [5.41, 5.74) is 3.61. The molecule has 0 spiro atoms. The Morgan fingerprint density at radius 3 is 2.52 bits per heavy atom. The summed E-state index contributed by atoms with van der Waals surface area (Å²) in [5, 5.41) is 8.93. The van der Waals surface area contributed by atoms with Crippen LogP contribution in [0.1, 0.15) is 30.5 Å². The number of aromatic nitrogens is 3. The van der Waals surface area contributed by atoms with Gasteiger partial charge in [0.05, 0.1) is 16.6 Å². The fourth-order valence-corrected chi connectivity index (χ4v) is 3.83. The largest absolute Gasteiger partial charge is 0.354 e. The van der Waals surface area contributed by atoms with Crippen LogP contribution in [0, 0.1) is 18.3 Å². The average molecular weight is 388 g/mol. The standard InChI is InChI=1S/C22H24N6O/c1-15-10-18-19(26-21(15)29)11-17(14-24-18)22(2,3)28-8-6-27(7-9-28)20-5-4-16(12-23)13-25-20/h4-5,10-11,13-14H,6-9H2,1-3H3,(H,26,29). The van der Waals surface area contributed by atoms with Gasteiger partial charge in [-0.1, -0.05) is 0 Å². The smallest absolute Gasteiger partial charge is 0.251 e. The number of rotatable bonds is 3. The number of aryl methyl sites for hydroxylation is 1. The van der Waals surface area contributed by atoms with E-state index in [0.717, 1.165) is 48.6 Å². The molecule has 1 N–H and O–H groups in total. The number of fused-ring (bicyclic) bond motifs is 1. The van der Waals surface area contributed by atoms with Gasteiger partial charge >= 0.3 is 0 Å². The summed E-state index contributed by atoms with van der Waals surface area (Å²) in [6, 6.07) is 9.69. The Hall–Kier alpha value is -3.24. The zero-order chi connectivity index (χ0) is 20.6. The highest BCUT2D eigenvalue weighted by molar-refractivity contribution is 5.75. The second-order valence-corrected chi connectivity index (χ2v) is 7.99. The highest BCUT2D eigenvalue weighted by atomic mass is 16.1. The lowest BCUT2D eigenvalue weighted by Crippen LogP contribution is -2.53. The van der Waals surface area contributed by atoms with Gasteiger partial charge in [0, 0.05) is 49.7 Å². The van der Waals surface area contributed by atoms with Crippen LogP contribution in [-0.4, -0.2) is 46.0 Å². The lowest BCUT2D eigenvalue weighted by Gasteiger charge is -2.44. The summed E-state index contributed by atoms with van der Waals surface area (Å²) in [6.07, 6.45) is 3.53. The average Bonchev–Trinajstić information content (AvgIpc) is 2.74. The molecule has 0 bridgehead atoms. The molecule has 7 nitrogen and oxygen atoms in total. The first-order valence-electron chi connectivity index (χ1n) is 9.75. The first-order valence-corrected chi connectivity index (χ1v) is 9.75. The molecule has 0 aromatic carbocycles. The van der Waals surface area contributed by atoms with Gasteiger partial charge in [0.15, 0.2) is 0 Å². The Morgan fingerprint density at radius 2 is 1.86 bits per heavy atom. The molecule has 3 aromatic heterocycles. The van der Waals surface area contributed by atoms with E-state index < -0.39 is 0 Å². The van der Waals surface area contributed by atoms with E-state index in [9.17, 15) is 4.79 Å².